The first-order valence-corrected chi connectivity index (χ1v) is 15.3. The van der Waals surface area contributed by atoms with Gasteiger partial charge < -0.3 is 4.74 Å². The molecule has 2 aromatic heterocycles. The standard InChI is InChI=1S/C24H26ClN3O3S4/c1-15(2)28(12-17-5-8-20(31-4)9-6-17)34(29)14-19-13-32-24(26-19)27-35(30)23-16(3)21-11-18(25)7-10-22(21)33-23/h5-11,13,15H,12,14H2,1-4H3,(H,26,27). The summed E-state index contributed by atoms with van der Waals surface area (Å²) < 4.78 is 38.2. The fourth-order valence-corrected chi connectivity index (χ4v) is 8.39. The van der Waals surface area contributed by atoms with Crippen molar-refractivity contribution >= 4 is 71.5 Å². The van der Waals surface area contributed by atoms with Gasteiger partial charge >= 0.3 is 0 Å². The van der Waals surface area contributed by atoms with Crippen LogP contribution in [-0.2, 0) is 34.3 Å². The van der Waals surface area contributed by atoms with Crippen molar-refractivity contribution in [3.8, 4) is 5.75 Å². The predicted octanol–water partition coefficient (Wildman–Crippen LogP) is 6.54. The van der Waals surface area contributed by atoms with Crippen molar-refractivity contribution in [2.45, 2.75) is 43.3 Å². The molecule has 2 heterocycles. The fourth-order valence-electron chi connectivity index (χ4n) is 3.50. The van der Waals surface area contributed by atoms with Gasteiger partial charge in [0.15, 0.2) is 16.1 Å². The van der Waals surface area contributed by atoms with Crippen molar-refractivity contribution in [2.24, 2.45) is 0 Å². The average molecular weight is 568 g/mol. The second kappa shape index (κ2) is 11.5. The number of halogens is 1. The van der Waals surface area contributed by atoms with Crippen molar-refractivity contribution < 1.29 is 13.2 Å². The third-order valence-corrected chi connectivity index (χ3v) is 10.9. The molecule has 0 fully saturated rings. The van der Waals surface area contributed by atoms with Crippen LogP contribution in [0.1, 0.15) is 30.7 Å². The van der Waals surface area contributed by atoms with Gasteiger partial charge in [0.05, 0.1) is 18.6 Å². The van der Waals surface area contributed by atoms with E-state index in [4.69, 9.17) is 16.3 Å². The third kappa shape index (κ3) is 6.31. The number of methoxy groups -OCH3 is 1. The molecule has 1 N–H and O–H groups in total. The zero-order chi connectivity index (χ0) is 25.1. The number of hydrogen-bond acceptors (Lipinski definition) is 6. The summed E-state index contributed by atoms with van der Waals surface area (Å²) in [6.07, 6.45) is 0. The summed E-state index contributed by atoms with van der Waals surface area (Å²) in [5.41, 5.74) is 2.71. The molecular weight excluding hydrogens is 542 g/mol. The van der Waals surface area contributed by atoms with E-state index in [0.29, 0.717) is 28.1 Å². The first kappa shape index (κ1) is 26.2. The third-order valence-electron chi connectivity index (χ3n) is 5.36. The van der Waals surface area contributed by atoms with Gasteiger partial charge in [0.2, 0.25) is 0 Å². The molecule has 0 bridgehead atoms. The van der Waals surface area contributed by atoms with E-state index in [2.05, 4.69) is 9.71 Å². The van der Waals surface area contributed by atoms with Crippen LogP contribution < -0.4 is 9.46 Å². The van der Waals surface area contributed by atoms with Crippen LogP contribution in [-0.4, -0.2) is 30.9 Å². The van der Waals surface area contributed by atoms with E-state index in [1.165, 1.54) is 22.7 Å². The van der Waals surface area contributed by atoms with Gasteiger partial charge in [-0.2, -0.15) is 0 Å². The molecule has 0 radical (unpaired) electrons. The van der Waals surface area contributed by atoms with E-state index >= 15 is 0 Å². The summed E-state index contributed by atoms with van der Waals surface area (Å²) in [5.74, 6) is 1.08. The van der Waals surface area contributed by atoms with E-state index in [0.717, 1.165) is 31.2 Å². The van der Waals surface area contributed by atoms with Gasteiger partial charge in [0, 0.05) is 27.7 Å². The van der Waals surface area contributed by atoms with Crippen LogP contribution in [0.2, 0.25) is 5.02 Å². The maximum atomic E-state index is 13.2. The SMILES string of the molecule is COc1ccc(CN(C(C)C)S(=O)Cc2csc(NS(=O)c3sc4ccc(Cl)cc4c3C)n2)cc1. The highest BCUT2D eigenvalue weighted by atomic mass is 35.5. The first-order valence-electron chi connectivity index (χ1n) is 10.8. The second-order valence-electron chi connectivity index (χ2n) is 8.15. The Morgan fingerprint density at radius 2 is 1.91 bits per heavy atom. The Morgan fingerprint density at radius 1 is 1.17 bits per heavy atom. The molecule has 4 aromatic rings. The Labute approximate surface area is 223 Å². The molecule has 0 aliphatic heterocycles. The van der Waals surface area contributed by atoms with E-state index in [1.54, 1.807) is 7.11 Å². The number of ether oxygens (including phenoxy) is 1. The van der Waals surface area contributed by atoms with E-state index < -0.39 is 22.0 Å². The van der Waals surface area contributed by atoms with Crippen LogP contribution >= 0.6 is 34.3 Å². The highest BCUT2D eigenvalue weighted by Crippen LogP contribution is 2.35. The Bertz CT molecular complexity index is 1370. The second-order valence-corrected chi connectivity index (χ2v) is 13.3. The van der Waals surface area contributed by atoms with Gasteiger partial charge in [-0.3, -0.25) is 4.72 Å². The molecule has 2 atom stereocenters. The summed E-state index contributed by atoms with van der Waals surface area (Å²) in [7, 11) is -1.08. The van der Waals surface area contributed by atoms with Gasteiger partial charge in [-0.05, 0) is 67.6 Å². The number of aromatic nitrogens is 1. The number of aryl methyl sites for hydroxylation is 1. The summed E-state index contributed by atoms with van der Waals surface area (Å²) in [4.78, 5) is 4.55. The topological polar surface area (TPSA) is 71.5 Å². The van der Waals surface area contributed by atoms with Crippen molar-refractivity contribution in [1.82, 2.24) is 9.29 Å². The molecule has 4 rings (SSSR count). The molecule has 0 aliphatic carbocycles. The lowest BCUT2D eigenvalue weighted by molar-refractivity contribution is 0.370. The number of nitrogens with zero attached hydrogens (tertiary/aromatic N) is 2. The van der Waals surface area contributed by atoms with Gasteiger partial charge in [-0.15, -0.1) is 22.7 Å². The Hall–Kier alpha value is -1.82. The molecule has 0 amide bonds. The molecule has 0 spiro atoms. The van der Waals surface area contributed by atoms with Crippen LogP contribution in [0.15, 0.2) is 52.1 Å². The Morgan fingerprint density at radius 3 is 2.60 bits per heavy atom. The largest absolute Gasteiger partial charge is 0.497 e. The van der Waals surface area contributed by atoms with Crippen LogP contribution in [0.3, 0.4) is 0 Å². The minimum absolute atomic E-state index is 0.0890. The molecule has 2 unspecified atom stereocenters. The lowest BCUT2D eigenvalue weighted by Gasteiger charge is -2.25. The van der Waals surface area contributed by atoms with Crippen LogP contribution in [0.4, 0.5) is 5.13 Å². The van der Waals surface area contributed by atoms with Gasteiger partial charge in [-0.25, -0.2) is 17.7 Å². The average Bonchev–Trinajstić information content (AvgIpc) is 3.41. The van der Waals surface area contributed by atoms with E-state index in [1.807, 2.05) is 72.9 Å². The minimum atomic E-state index is -1.45. The molecule has 6 nitrogen and oxygen atoms in total. The van der Waals surface area contributed by atoms with Gasteiger partial charge in [0.25, 0.3) is 0 Å². The zero-order valence-electron chi connectivity index (χ0n) is 19.7. The minimum Gasteiger partial charge on any atom is -0.497 e. The summed E-state index contributed by atoms with van der Waals surface area (Å²) in [6, 6.07) is 13.5. The lowest BCUT2D eigenvalue weighted by Crippen LogP contribution is -2.33. The number of fused-ring (bicyclic) bond motifs is 1. The number of rotatable bonds is 10. The smallest absolute Gasteiger partial charge is 0.195 e. The fraction of sp³-hybridized carbons (Fsp3) is 0.292. The maximum Gasteiger partial charge on any atom is 0.195 e. The summed E-state index contributed by atoms with van der Waals surface area (Å²) >= 11 is 8.96. The number of hydrogen-bond donors (Lipinski definition) is 1. The molecule has 11 heteroatoms. The quantitative estimate of drug-likeness (QED) is 0.236. The highest BCUT2D eigenvalue weighted by Gasteiger charge is 2.20. The van der Waals surface area contributed by atoms with E-state index in [9.17, 15) is 8.42 Å². The normalized spacial score (nSPS) is 13.5. The molecule has 0 saturated carbocycles. The Kier molecular flexibility index (Phi) is 8.62. The number of thiazole rings is 1. The molecule has 2 aromatic carbocycles. The van der Waals surface area contributed by atoms with Crippen molar-refractivity contribution in [3.05, 3.63) is 69.7 Å². The summed E-state index contributed by atoms with van der Waals surface area (Å²) in [6.45, 7) is 6.56. The number of benzene rings is 2. The van der Waals surface area contributed by atoms with Gasteiger partial charge in [-0.1, -0.05) is 23.7 Å². The number of anilines is 1. The van der Waals surface area contributed by atoms with Crippen LogP contribution in [0.25, 0.3) is 10.1 Å². The van der Waals surface area contributed by atoms with Crippen molar-refractivity contribution in [2.75, 3.05) is 11.8 Å². The predicted molar refractivity (Wildman–Crippen MR) is 149 cm³/mol. The molecule has 0 aliphatic rings. The maximum absolute atomic E-state index is 13.2. The zero-order valence-corrected chi connectivity index (χ0v) is 23.8. The Balaban J connectivity index is 1.42. The monoisotopic (exact) mass is 567 g/mol. The molecular formula is C24H26ClN3O3S4. The van der Waals surface area contributed by atoms with Crippen molar-refractivity contribution in [1.29, 1.82) is 0 Å². The van der Waals surface area contributed by atoms with Crippen LogP contribution in [0.5, 0.6) is 5.75 Å². The molecule has 35 heavy (non-hydrogen) atoms. The van der Waals surface area contributed by atoms with Crippen molar-refractivity contribution in [3.63, 3.8) is 0 Å². The first-order chi connectivity index (χ1) is 16.7. The molecule has 186 valence electrons. The number of nitrogens with one attached hydrogen (secondary N) is 1. The molecule has 0 saturated heterocycles. The highest BCUT2D eigenvalue weighted by molar-refractivity contribution is 7.89. The summed E-state index contributed by atoms with van der Waals surface area (Å²) in [5, 5.41) is 4.06. The van der Waals surface area contributed by atoms with Crippen LogP contribution in [0, 0.1) is 6.92 Å². The lowest BCUT2D eigenvalue weighted by atomic mass is 10.2. The van der Waals surface area contributed by atoms with Gasteiger partial charge in [0.1, 0.15) is 20.9 Å². The number of thiophene rings is 1. The van der Waals surface area contributed by atoms with E-state index in [-0.39, 0.29) is 6.04 Å².